The predicted octanol–water partition coefficient (Wildman–Crippen LogP) is 2.04. The molecule has 0 saturated heterocycles. The Balaban J connectivity index is 3.34. The van der Waals surface area contributed by atoms with E-state index in [1.807, 2.05) is 0 Å². The Kier molecular flexibility index (Phi) is 5.30. The Labute approximate surface area is 112 Å². The van der Waals surface area contributed by atoms with Gasteiger partial charge in [0.1, 0.15) is 0 Å². The molecule has 0 bridgehead atoms. The molecule has 0 aliphatic rings. The van der Waals surface area contributed by atoms with E-state index < -0.39 is 35.1 Å². The number of nitro groups is 1. The number of rotatable bonds is 6. The molecular weight excluding hydrogens is 278 g/mol. The van der Waals surface area contributed by atoms with Crippen LogP contribution in [0.5, 0.6) is 5.88 Å². The van der Waals surface area contributed by atoms with Crippen molar-refractivity contribution in [2.45, 2.75) is 19.8 Å². The molecule has 0 spiro atoms. The van der Waals surface area contributed by atoms with Crippen LogP contribution in [-0.2, 0) is 16.0 Å². The highest BCUT2D eigenvalue weighted by molar-refractivity contribution is 5.74. The van der Waals surface area contributed by atoms with Gasteiger partial charge in [-0.3, -0.25) is 14.9 Å². The average molecular weight is 290 g/mol. The maximum Gasteiger partial charge on any atom is 0.310 e. The number of carbonyl (C=O) groups excluding carboxylic acids is 1. The molecule has 0 saturated carbocycles. The number of methoxy groups -OCH3 is 1. The minimum Gasteiger partial charge on any atom is -0.481 e. The molecule has 110 valence electrons. The summed E-state index contributed by atoms with van der Waals surface area (Å²) in [6.45, 7) is 1.64. The summed E-state index contributed by atoms with van der Waals surface area (Å²) in [6.07, 6.45) is -3.67. The molecule has 7 nitrogen and oxygen atoms in total. The minimum atomic E-state index is -3.16. The van der Waals surface area contributed by atoms with Gasteiger partial charge >= 0.3 is 11.7 Å². The van der Waals surface area contributed by atoms with Crippen molar-refractivity contribution in [3.63, 3.8) is 0 Å². The van der Waals surface area contributed by atoms with Crippen LogP contribution in [-0.4, -0.2) is 29.6 Å². The smallest absolute Gasteiger partial charge is 0.310 e. The maximum atomic E-state index is 12.8. The first kappa shape index (κ1) is 15.7. The first-order chi connectivity index (χ1) is 9.40. The molecule has 0 unspecified atom stereocenters. The van der Waals surface area contributed by atoms with Gasteiger partial charge in [-0.1, -0.05) is 0 Å². The number of aromatic nitrogens is 1. The third kappa shape index (κ3) is 3.59. The van der Waals surface area contributed by atoms with Crippen molar-refractivity contribution >= 4 is 11.7 Å². The highest BCUT2D eigenvalue weighted by atomic mass is 19.3. The zero-order valence-corrected chi connectivity index (χ0v) is 10.8. The van der Waals surface area contributed by atoms with Gasteiger partial charge in [-0.25, -0.2) is 13.8 Å². The molecule has 0 aliphatic heterocycles. The molecule has 20 heavy (non-hydrogen) atoms. The summed E-state index contributed by atoms with van der Waals surface area (Å²) in [4.78, 5) is 24.7. The third-order valence-corrected chi connectivity index (χ3v) is 2.31. The van der Waals surface area contributed by atoms with Crippen molar-refractivity contribution in [2.24, 2.45) is 0 Å². The van der Waals surface area contributed by atoms with E-state index >= 15 is 0 Å². The highest BCUT2D eigenvalue weighted by Gasteiger charge is 2.30. The number of carbonyl (C=O) groups is 1. The minimum absolute atomic E-state index is 0.0799. The monoisotopic (exact) mass is 290 g/mol. The fraction of sp³-hybridized carbons (Fsp3) is 0.455. The fourth-order valence-electron chi connectivity index (χ4n) is 1.56. The van der Waals surface area contributed by atoms with Gasteiger partial charge < -0.3 is 9.47 Å². The lowest BCUT2D eigenvalue weighted by molar-refractivity contribution is -0.387. The van der Waals surface area contributed by atoms with Gasteiger partial charge in [0.25, 0.3) is 6.43 Å². The van der Waals surface area contributed by atoms with E-state index in [4.69, 9.17) is 4.74 Å². The second-order valence-corrected chi connectivity index (χ2v) is 3.60. The molecule has 0 atom stereocenters. The number of ether oxygens (including phenoxy) is 2. The number of pyridine rings is 1. The average Bonchev–Trinajstić information content (AvgIpc) is 2.37. The quantitative estimate of drug-likeness (QED) is 0.452. The molecule has 1 aromatic rings. The summed E-state index contributed by atoms with van der Waals surface area (Å²) in [6, 6.07) is 1.07. The Morgan fingerprint density at radius 2 is 2.20 bits per heavy atom. The van der Waals surface area contributed by atoms with Crippen LogP contribution in [0.1, 0.15) is 24.6 Å². The van der Waals surface area contributed by atoms with Gasteiger partial charge in [-0.05, 0) is 6.92 Å². The lowest BCUT2D eigenvalue weighted by atomic mass is 10.1. The normalized spacial score (nSPS) is 10.4. The van der Waals surface area contributed by atoms with Crippen LogP contribution in [0.4, 0.5) is 14.5 Å². The van der Waals surface area contributed by atoms with E-state index in [0.29, 0.717) is 0 Å². The summed E-state index contributed by atoms with van der Waals surface area (Å²) in [5.41, 5.74) is -2.15. The second kappa shape index (κ2) is 6.73. The molecule has 9 heteroatoms. The lowest BCUT2D eigenvalue weighted by Gasteiger charge is -2.09. The van der Waals surface area contributed by atoms with Crippen LogP contribution in [0, 0.1) is 10.1 Å². The van der Waals surface area contributed by atoms with E-state index in [0.717, 1.165) is 6.07 Å². The first-order valence-electron chi connectivity index (χ1n) is 5.56. The maximum absolute atomic E-state index is 12.8. The summed E-state index contributed by atoms with van der Waals surface area (Å²) in [7, 11) is 1.18. The Hall–Kier alpha value is -2.32. The molecule has 0 aliphatic carbocycles. The predicted molar refractivity (Wildman–Crippen MR) is 62.7 cm³/mol. The molecule has 0 N–H and O–H groups in total. The summed E-state index contributed by atoms with van der Waals surface area (Å²) >= 11 is 0. The van der Waals surface area contributed by atoms with E-state index in [1.54, 1.807) is 6.92 Å². The fourth-order valence-corrected chi connectivity index (χ4v) is 1.56. The van der Waals surface area contributed by atoms with Crippen LogP contribution in [0.3, 0.4) is 0 Å². The van der Waals surface area contributed by atoms with Crippen LogP contribution in [0.15, 0.2) is 6.07 Å². The van der Waals surface area contributed by atoms with E-state index in [2.05, 4.69) is 9.72 Å². The standard InChI is InChI=1S/C11H12F2N2O5/c1-3-20-8(16)5-6-4-7(19-2)14-9(11(12)13)10(6)15(17)18/h4,11H,3,5H2,1-2H3. The van der Waals surface area contributed by atoms with Crippen molar-refractivity contribution in [3.8, 4) is 5.88 Å². The van der Waals surface area contributed by atoms with Gasteiger partial charge in [-0.2, -0.15) is 0 Å². The highest BCUT2D eigenvalue weighted by Crippen LogP contribution is 2.33. The van der Waals surface area contributed by atoms with E-state index in [1.165, 1.54) is 7.11 Å². The van der Waals surface area contributed by atoms with Gasteiger partial charge in [0.2, 0.25) is 5.88 Å². The molecule has 0 amide bonds. The van der Waals surface area contributed by atoms with Crippen molar-refractivity contribution < 1.29 is 28.0 Å². The second-order valence-electron chi connectivity index (χ2n) is 3.60. The largest absolute Gasteiger partial charge is 0.481 e. The van der Waals surface area contributed by atoms with Crippen molar-refractivity contribution in [3.05, 3.63) is 27.4 Å². The molecular formula is C11H12F2N2O5. The number of hydrogen-bond acceptors (Lipinski definition) is 6. The topological polar surface area (TPSA) is 91.6 Å². The number of hydrogen-bond donors (Lipinski definition) is 0. The number of esters is 1. The van der Waals surface area contributed by atoms with Gasteiger partial charge in [0, 0.05) is 11.6 Å². The number of halogens is 2. The van der Waals surface area contributed by atoms with Crippen LogP contribution < -0.4 is 4.74 Å². The number of alkyl halides is 2. The summed E-state index contributed by atoms with van der Waals surface area (Å²) in [5.74, 6) is -0.991. The molecule has 0 aromatic carbocycles. The zero-order chi connectivity index (χ0) is 15.3. The van der Waals surface area contributed by atoms with Crippen LogP contribution in [0.2, 0.25) is 0 Å². The van der Waals surface area contributed by atoms with Gasteiger partial charge in [-0.15, -0.1) is 0 Å². The van der Waals surface area contributed by atoms with E-state index in [9.17, 15) is 23.7 Å². The lowest BCUT2D eigenvalue weighted by Crippen LogP contribution is -2.12. The van der Waals surface area contributed by atoms with Crippen molar-refractivity contribution in [1.29, 1.82) is 0 Å². The molecule has 1 aromatic heterocycles. The Morgan fingerprint density at radius 3 is 2.65 bits per heavy atom. The molecule has 0 radical (unpaired) electrons. The molecule has 1 rings (SSSR count). The SMILES string of the molecule is CCOC(=O)Cc1cc(OC)nc(C(F)F)c1[N+](=O)[O-]. The molecule has 0 fully saturated rings. The number of nitrogens with zero attached hydrogens (tertiary/aromatic N) is 2. The summed E-state index contributed by atoms with van der Waals surface area (Å²) in [5, 5.41) is 10.9. The van der Waals surface area contributed by atoms with Crippen LogP contribution in [0.25, 0.3) is 0 Å². The van der Waals surface area contributed by atoms with Crippen LogP contribution >= 0.6 is 0 Å². The van der Waals surface area contributed by atoms with Crippen molar-refractivity contribution in [1.82, 2.24) is 4.98 Å². The van der Waals surface area contributed by atoms with E-state index in [-0.39, 0.29) is 18.1 Å². The first-order valence-corrected chi connectivity index (χ1v) is 5.56. The van der Waals surface area contributed by atoms with Crippen molar-refractivity contribution in [2.75, 3.05) is 13.7 Å². The Morgan fingerprint density at radius 1 is 1.55 bits per heavy atom. The Bertz CT molecular complexity index is 522. The zero-order valence-electron chi connectivity index (χ0n) is 10.8. The molecule has 1 heterocycles. The third-order valence-electron chi connectivity index (χ3n) is 2.31. The van der Waals surface area contributed by atoms with Gasteiger partial charge in [0.15, 0.2) is 5.69 Å². The summed E-state index contributed by atoms with van der Waals surface area (Å²) < 4.78 is 35.0. The van der Waals surface area contributed by atoms with Gasteiger partial charge in [0.05, 0.1) is 25.1 Å².